The van der Waals surface area contributed by atoms with E-state index in [1.54, 1.807) is 12.1 Å². The average Bonchev–Trinajstić information content (AvgIpc) is 2.73. The number of aliphatic carboxylic acids is 1. The van der Waals surface area contributed by atoms with E-state index in [1.165, 1.54) is 31.2 Å². The fourth-order valence-electron chi connectivity index (χ4n) is 3.40. The Labute approximate surface area is 185 Å². The number of carbonyl (C=O) groups excluding carboxylic acids is 1. The molecule has 2 aromatic rings. The molecule has 1 aromatic heterocycles. The van der Waals surface area contributed by atoms with Gasteiger partial charge in [0.05, 0.1) is 5.69 Å². The van der Waals surface area contributed by atoms with E-state index in [0.29, 0.717) is 17.0 Å². The number of carboxylic acids is 1. The number of carbonyl (C=O) groups is 2. The van der Waals surface area contributed by atoms with E-state index in [1.807, 2.05) is 24.4 Å². The van der Waals surface area contributed by atoms with Gasteiger partial charge in [0.25, 0.3) is 0 Å². The van der Waals surface area contributed by atoms with Crippen LogP contribution >= 0.6 is 0 Å². The molecule has 0 aliphatic heterocycles. The minimum atomic E-state index is -5.08. The number of aromatic nitrogens is 1. The van der Waals surface area contributed by atoms with Crippen LogP contribution in [-0.4, -0.2) is 34.2 Å². The highest BCUT2D eigenvalue weighted by Gasteiger charge is 2.38. The van der Waals surface area contributed by atoms with Crippen molar-refractivity contribution in [1.82, 2.24) is 10.3 Å². The fourth-order valence-corrected chi connectivity index (χ4v) is 3.40. The van der Waals surface area contributed by atoms with Gasteiger partial charge in [-0.3, -0.25) is 9.78 Å². The van der Waals surface area contributed by atoms with Gasteiger partial charge in [0.15, 0.2) is 0 Å². The molecule has 3 rings (SSSR count). The number of nitrogens with one attached hydrogen (secondary N) is 1. The number of hydrogen-bond donors (Lipinski definition) is 3. The molecule has 0 atom stereocenters. The van der Waals surface area contributed by atoms with Crippen LogP contribution < -0.4 is 11.1 Å². The van der Waals surface area contributed by atoms with Crippen LogP contribution in [0.15, 0.2) is 42.6 Å². The van der Waals surface area contributed by atoms with Crippen molar-refractivity contribution in [2.24, 2.45) is 11.1 Å². The number of benzene rings is 1. The van der Waals surface area contributed by atoms with E-state index in [2.05, 4.69) is 30.2 Å². The normalized spacial score (nSPS) is 16.0. The molecule has 0 unspecified atom stereocenters. The molecule has 0 bridgehead atoms. The molecule has 174 valence electrons. The summed E-state index contributed by atoms with van der Waals surface area (Å²) in [5, 5.41) is 10.8. The van der Waals surface area contributed by atoms with E-state index in [4.69, 9.17) is 15.6 Å². The number of alkyl halides is 3. The van der Waals surface area contributed by atoms with Crippen LogP contribution in [0.5, 0.6) is 0 Å². The Hall–Kier alpha value is -2.94. The first-order chi connectivity index (χ1) is 14.9. The highest BCUT2D eigenvalue weighted by molar-refractivity contribution is 5.93. The molecular weight excluding hydrogens is 423 g/mol. The maximum absolute atomic E-state index is 11.3. The van der Waals surface area contributed by atoms with Crippen molar-refractivity contribution >= 4 is 11.9 Å². The summed E-state index contributed by atoms with van der Waals surface area (Å²) in [4.78, 5) is 24.7. The van der Waals surface area contributed by atoms with Crippen molar-refractivity contribution in [3.63, 3.8) is 0 Å². The molecule has 1 heterocycles. The first-order valence-electron chi connectivity index (χ1n) is 10.3. The first-order valence-corrected chi connectivity index (χ1v) is 10.3. The van der Waals surface area contributed by atoms with Gasteiger partial charge in [-0.05, 0) is 54.9 Å². The van der Waals surface area contributed by atoms with Crippen molar-refractivity contribution in [1.29, 1.82) is 0 Å². The van der Waals surface area contributed by atoms with E-state index in [9.17, 15) is 18.0 Å². The average molecular weight is 451 g/mol. The zero-order chi connectivity index (χ0) is 23.9. The molecule has 1 aliphatic carbocycles. The van der Waals surface area contributed by atoms with E-state index < -0.39 is 18.1 Å². The van der Waals surface area contributed by atoms with Gasteiger partial charge in [-0.1, -0.05) is 32.0 Å². The highest BCUT2D eigenvalue weighted by atomic mass is 19.4. The molecule has 4 N–H and O–H groups in total. The molecule has 1 aliphatic rings. The van der Waals surface area contributed by atoms with Gasteiger partial charge in [0.1, 0.15) is 0 Å². The summed E-state index contributed by atoms with van der Waals surface area (Å²) >= 11 is 0. The maximum atomic E-state index is 11.3. The highest BCUT2D eigenvalue weighted by Crippen LogP contribution is 2.35. The molecule has 0 radical (unpaired) electrons. The zero-order valence-electron chi connectivity index (χ0n) is 18.1. The summed E-state index contributed by atoms with van der Waals surface area (Å²) in [6, 6.07) is 12.0. The molecule has 0 spiro atoms. The van der Waals surface area contributed by atoms with Crippen LogP contribution in [0, 0.1) is 5.41 Å². The fraction of sp³-hybridized carbons (Fsp3) is 0.435. The number of primary amides is 1. The van der Waals surface area contributed by atoms with Crippen molar-refractivity contribution in [2.45, 2.75) is 58.3 Å². The SMILES string of the molecule is CC1(C)CCC(NCc2ccc(-c3cccc(C(N)=O)c3)nc2)CC1.O=C(O)C(F)(F)F. The minimum absolute atomic E-state index is 0.418. The van der Waals surface area contributed by atoms with E-state index >= 15 is 0 Å². The second-order valence-corrected chi connectivity index (χ2v) is 8.62. The van der Waals surface area contributed by atoms with Gasteiger partial charge in [-0.2, -0.15) is 13.2 Å². The first kappa shape index (κ1) is 25.3. The van der Waals surface area contributed by atoms with Crippen LogP contribution in [0.4, 0.5) is 13.2 Å². The lowest BCUT2D eigenvalue weighted by Gasteiger charge is -2.34. The van der Waals surface area contributed by atoms with Gasteiger partial charge >= 0.3 is 12.1 Å². The second kappa shape index (κ2) is 10.6. The van der Waals surface area contributed by atoms with Gasteiger partial charge in [0, 0.05) is 29.9 Å². The van der Waals surface area contributed by atoms with Crippen LogP contribution in [-0.2, 0) is 11.3 Å². The van der Waals surface area contributed by atoms with E-state index in [-0.39, 0.29) is 0 Å². The lowest BCUT2D eigenvalue weighted by atomic mass is 9.75. The number of nitrogens with zero attached hydrogens (tertiary/aromatic N) is 1. The predicted molar refractivity (Wildman–Crippen MR) is 115 cm³/mol. The smallest absolute Gasteiger partial charge is 0.475 e. The summed E-state index contributed by atoms with van der Waals surface area (Å²) in [6.45, 7) is 5.57. The Morgan fingerprint density at radius 1 is 1.19 bits per heavy atom. The Morgan fingerprint density at radius 2 is 1.81 bits per heavy atom. The molecule has 0 saturated heterocycles. The number of rotatable bonds is 5. The lowest BCUT2D eigenvalue weighted by molar-refractivity contribution is -0.192. The number of hydrogen-bond acceptors (Lipinski definition) is 4. The van der Waals surface area contributed by atoms with Crippen LogP contribution in [0.1, 0.15) is 55.5 Å². The van der Waals surface area contributed by atoms with Crippen LogP contribution in [0.2, 0.25) is 0 Å². The van der Waals surface area contributed by atoms with Crippen molar-refractivity contribution in [2.75, 3.05) is 0 Å². The number of carboxylic acid groups (broad SMARTS) is 1. The summed E-state index contributed by atoms with van der Waals surface area (Å²) in [6.07, 6.45) is 1.90. The Kier molecular flexibility index (Phi) is 8.38. The molecule has 1 amide bonds. The van der Waals surface area contributed by atoms with Crippen molar-refractivity contribution in [3.05, 3.63) is 53.7 Å². The van der Waals surface area contributed by atoms with Gasteiger partial charge < -0.3 is 16.2 Å². The Balaban J connectivity index is 0.000000451. The van der Waals surface area contributed by atoms with Gasteiger partial charge in [-0.25, -0.2) is 4.79 Å². The lowest BCUT2D eigenvalue weighted by Crippen LogP contribution is -2.35. The summed E-state index contributed by atoms with van der Waals surface area (Å²) < 4.78 is 31.7. The third-order valence-electron chi connectivity index (χ3n) is 5.44. The number of amides is 1. The summed E-state index contributed by atoms with van der Waals surface area (Å²) in [7, 11) is 0. The topological polar surface area (TPSA) is 105 Å². The van der Waals surface area contributed by atoms with Crippen molar-refractivity contribution in [3.8, 4) is 11.3 Å². The molecule has 1 aromatic carbocycles. The Bertz CT molecular complexity index is 918. The van der Waals surface area contributed by atoms with Gasteiger partial charge in [0.2, 0.25) is 5.91 Å². The Morgan fingerprint density at radius 3 is 2.31 bits per heavy atom. The zero-order valence-corrected chi connectivity index (χ0v) is 18.1. The number of nitrogens with two attached hydrogens (primary N) is 1. The minimum Gasteiger partial charge on any atom is -0.475 e. The van der Waals surface area contributed by atoms with Crippen molar-refractivity contribution < 1.29 is 27.9 Å². The molecule has 32 heavy (non-hydrogen) atoms. The third kappa shape index (κ3) is 7.96. The summed E-state index contributed by atoms with van der Waals surface area (Å²) in [5.41, 5.74) is 9.29. The predicted octanol–water partition coefficient (Wildman–Crippen LogP) is 4.54. The molecule has 1 fully saturated rings. The molecule has 6 nitrogen and oxygen atoms in total. The van der Waals surface area contributed by atoms with E-state index in [0.717, 1.165) is 17.8 Å². The second-order valence-electron chi connectivity index (χ2n) is 8.62. The standard InChI is InChI=1S/C21H27N3O.C2HF3O2/c1-21(2)10-8-18(9-11-21)23-13-15-6-7-19(24-14-15)16-4-3-5-17(12-16)20(22)25;3-2(4,5)1(6)7/h3-7,12,14,18,23H,8-11,13H2,1-2H3,(H2,22,25);(H,6,7). The maximum Gasteiger partial charge on any atom is 0.490 e. The number of pyridine rings is 1. The summed E-state index contributed by atoms with van der Waals surface area (Å²) in [5.74, 6) is -3.18. The number of halogens is 3. The van der Waals surface area contributed by atoms with Crippen LogP contribution in [0.25, 0.3) is 11.3 Å². The molecule has 1 saturated carbocycles. The van der Waals surface area contributed by atoms with Gasteiger partial charge in [-0.15, -0.1) is 0 Å². The largest absolute Gasteiger partial charge is 0.490 e. The quantitative estimate of drug-likeness (QED) is 0.619. The van der Waals surface area contributed by atoms with Crippen LogP contribution in [0.3, 0.4) is 0 Å². The third-order valence-corrected chi connectivity index (χ3v) is 5.44. The molecular formula is C23H28F3N3O3. The molecule has 9 heteroatoms. The monoisotopic (exact) mass is 451 g/mol.